The Balaban J connectivity index is 0.000000277. The monoisotopic (exact) mass is 324 g/mol. The van der Waals surface area contributed by atoms with Crippen LogP contribution in [0.25, 0.3) is 6.08 Å². The van der Waals surface area contributed by atoms with Gasteiger partial charge >= 0.3 is 11.9 Å². The van der Waals surface area contributed by atoms with E-state index in [1.807, 2.05) is 6.07 Å². The van der Waals surface area contributed by atoms with Crippen molar-refractivity contribution in [3.8, 4) is 0 Å². The fourth-order valence-corrected chi connectivity index (χ4v) is 2.81. The van der Waals surface area contributed by atoms with Crippen LogP contribution in [0.5, 0.6) is 0 Å². The van der Waals surface area contributed by atoms with Crippen molar-refractivity contribution in [1.29, 1.82) is 0 Å². The second-order valence-corrected chi connectivity index (χ2v) is 5.53. The van der Waals surface area contributed by atoms with Crippen LogP contribution in [-0.4, -0.2) is 59.0 Å². The van der Waals surface area contributed by atoms with E-state index in [1.165, 1.54) is 31.5 Å². The SMILES string of the molecule is COCc1cc(C=C2CN3CCC2CC3)on1.O=C(O)C(=O)O. The van der Waals surface area contributed by atoms with Gasteiger partial charge in [0.05, 0.1) is 6.61 Å². The van der Waals surface area contributed by atoms with Crippen LogP contribution in [0.15, 0.2) is 16.2 Å². The van der Waals surface area contributed by atoms with Crippen LogP contribution in [0.4, 0.5) is 0 Å². The topological polar surface area (TPSA) is 113 Å². The number of methoxy groups -OCH3 is 1. The molecule has 3 aliphatic rings. The summed E-state index contributed by atoms with van der Waals surface area (Å²) >= 11 is 0. The smallest absolute Gasteiger partial charge is 0.414 e. The standard InChI is InChI=1S/C13H18N2O2.C2H2O4/c1-16-9-12-7-13(17-14-12)6-11-8-15-4-2-10(11)3-5-15;3-1(4)2(5)6/h6-7,10H,2-5,8-9H2,1H3;(H,3,4)(H,5,6). The van der Waals surface area contributed by atoms with Gasteiger partial charge in [-0.15, -0.1) is 0 Å². The van der Waals surface area contributed by atoms with Gasteiger partial charge in [-0.3, -0.25) is 4.90 Å². The summed E-state index contributed by atoms with van der Waals surface area (Å²) in [5.41, 5.74) is 2.36. The fourth-order valence-electron chi connectivity index (χ4n) is 2.81. The van der Waals surface area contributed by atoms with Crippen LogP contribution in [-0.2, 0) is 20.9 Å². The van der Waals surface area contributed by atoms with Gasteiger partial charge in [0.15, 0.2) is 5.76 Å². The normalized spacial score (nSPS) is 24.1. The van der Waals surface area contributed by atoms with E-state index in [4.69, 9.17) is 29.1 Å². The molecule has 3 fully saturated rings. The molecule has 0 radical (unpaired) electrons. The first-order chi connectivity index (χ1) is 11.0. The minimum atomic E-state index is -1.82. The van der Waals surface area contributed by atoms with Crippen molar-refractivity contribution in [3.63, 3.8) is 0 Å². The number of hydrogen-bond acceptors (Lipinski definition) is 6. The molecule has 4 rings (SSSR count). The van der Waals surface area contributed by atoms with E-state index in [-0.39, 0.29) is 0 Å². The molecule has 0 spiro atoms. The number of hydrogen-bond donors (Lipinski definition) is 2. The van der Waals surface area contributed by atoms with Gasteiger partial charge in [-0.25, -0.2) is 9.59 Å². The molecule has 0 unspecified atom stereocenters. The third-order valence-corrected chi connectivity index (χ3v) is 3.90. The molecule has 0 aromatic carbocycles. The fraction of sp³-hybridized carbons (Fsp3) is 0.533. The summed E-state index contributed by atoms with van der Waals surface area (Å²) in [6.45, 7) is 4.13. The van der Waals surface area contributed by atoms with Crippen LogP contribution >= 0.6 is 0 Å². The van der Waals surface area contributed by atoms with Crippen molar-refractivity contribution in [2.24, 2.45) is 5.92 Å². The zero-order valence-corrected chi connectivity index (χ0v) is 12.9. The number of aromatic nitrogens is 1. The maximum Gasteiger partial charge on any atom is 0.414 e. The number of rotatable bonds is 3. The van der Waals surface area contributed by atoms with Crippen LogP contribution in [0.1, 0.15) is 24.3 Å². The second kappa shape index (κ2) is 7.89. The Bertz CT molecular complexity index is 575. The maximum absolute atomic E-state index is 9.10. The first kappa shape index (κ1) is 17.2. The average molecular weight is 324 g/mol. The molecule has 3 saturated heterocycles. The average Bonchev–Trinajstić information content (AvgIpc) is 2.96. The number of carbonyl (C=O) groups is 2. The lowest BCUT2D eigenvalue weighted by molar-refractivity contribution is -0.159. The van der Waals surface area contributed by atoms with Crippen LogP contribution in [0, 0.1) is 5.92 Å². The van der Waals surface area contributed by atoms with Gasteiger partial charge in [-0.05, 0) is 43.5 Å². The van der Waals surface area contributed by atoms with Crippen molar-refractivity contribution in [1.82, 2.24) is 10.1 Å². The molecule has 8 nitrogen and oxygen atoms in total. The molecule has 1 aromatic rings. The summed E-state index contributed by atoms with van der Waals surface area (Å²) in [4.78, 5) is 20.7. The van der Waals surface area contributed by atoms with Gasteiger partial charge in [0.25, 0.3) is 0 Å². The summed E-state index contributed by atoms with van der Waals surface area (Å²) in [5, 5.41) is 18.8. The molecule has 126 valence electrons. The minimum absolute atomic E-state index is 0.516. The number of aliphatic carboxylic acids is 2. The quantitative estimate of drug-likeness (QED) is 0.794. The van der Waals surface area contributed by atoms with E-state index >= 15 is 0 Å². The zero-order valence-electron chi connectivity index (χ0n) is 12.9. The molecule has 3 aliphatic heterocycles. The summed E-state index contributed by atoms with van der Waals surface area (Å²) in [5.74, 6) is -2.03. The Morgan fingerprint density at radius 1 is 1.39 bits per heavy atom. The molecular formula is C15H20N2O6. The number of carboxylic acid groups (broad SMARTS) is 2. The molecular weight excluding hydrogens is 304 g/mol. The molecule has 0 aliphatic carbocycles. The number of ether oxygens (including phenoxy) is 1. The van der Waals surface area contributed by atoms with E-state index < -0.39 is 11.9 Å². The number of nitrogens with zero attached hydrogens (tertiary/aromatic N) is 2. The van der Waals surface area contributed by atoms with Crippen molar-refractivity contribution in [2.75, 3.05) is 26.7 Å². The highest BCUT2D eigenvalue weighted by Crippen LogP contribution is 2.32. The number of fused-ring (bicyclic) bond motifs is 3. The van der Waals surface area contributed by atoms with Gasteiger partial charge in [0, 0.05) is 19.7 Å². The molecule has 23 heavy (non-hydrogen) atoms. The Labute approximate surface area is 133 Å². The molecule has 0 saturated carbocycles. The first-order valence-electron chi connectivity index (χ1n) is 7.33. The zero-order chi connectivity index (χ0) is 16.8. The predicted octanol–water partition coefficient (Wildman–Crippen LogP) is 1.09. The van der Waals surface area contributed by atoms with Gasteiger partial charge < -0.3 is 19.5 Å². The van der Waals surface area contributed by atoms with Gasteiger partial charge in [-0.1, -0.05) is 5.16 Å². The molecule has 1 aromatic heterocycles. The molecule has 0 atom stereocenters. The van der Waals surface area contributed by atoms with Crippen LogP contribution in [0.2, 0.25) is 0 Å². The lowest BCUT2D eigenvalue weighted by Crippen LogP contribution is -2.42. The lowest BCUT2D eigenvalue weighted by atomic mass is 9.83. The van der Waals surface area contributed by atoms with E-state index in [0.29, 0.717) is 6.61 Å². The minimum Gasteiger partial charge on any atom is -0.473 e. The van der Waals surface area contributed by atoms with E-state index in [9.17, 15) is 0 Å². The molecule has 2 N–H and O–H groups in total. The highest BCUT2D eigenvalue weighted by molar-refractivity contribution is 6.27. The van der Waals surface area contributed by atoms with Crippen molar-refractivity contribution in [2.45, 2.75) is 19.4 Å². The van der Waals surface area contributed by atoms with Gasteiger partial charge in [0.2, 0.25) is 0 Å². The van der Waals surface area contributed by atoms with E-state index in [0.717, 1.165) is 23.9 Å². The predicted molar refractivity (Wildman–Crippen MR) is 79.6 cm³/mol. The van der Waals surface area contributed by atoms with E-state index in [2.05, 4.69) is 16.1 Å². The van der Waals surface area contributed by atoms with Crippen LogP contribution < -0.4 is 0 Å². The lowest BCUT2D eigenvalue weighted by Gasteiger charge is -2.40. The van der Waals surface area contributed by atoms with Crippen LogP contribution in [0.3, 0.4) is 0 Å². The largest absolute Gasteiger partial charge is 0.473 e. The Morgan fingerprint density at radius 2 is 2.04 bits per heavy atom. The molecule has 4 heterocycles. The summed E-state index contributed by atoms with van der Waals surface area (Å²) in [7, 11) is 1.67. The Kier molecular flexibility index (Phi) is 5.89. The number of carboxylic acids is 2. The van der Waals surface area contributed by atoms with Gasteiger partial charge in [-0.2, -0.15) is 0 Å². The maximum atomic E-state index is 9.10. The summed E-state index contributed by atoms with van der Waals surface area (Å²) in [6.07, 6.45) is 4.76. The third-order valence-electron chi connectivity index (χ3n) is 3.90. The summed E-state index contributed by atoms with van der Waals surface area (Å²) < 4.78 is 10.3. The Morgan fingerprint density at radius 3 is 2.52 bits per heavy atom. The Hall–Kier alpha value is -2.19. The summed E-state index contributed by atoms with van der Waals surface area (Å²) in [6, 6.07) is 1.97. The first-order valence-corrected chi connectivity index (χ1v) is 7.33. The molecule has 0 amide bonds. The highest BCUT2D eigenvalue weighted by Gasteiger charge is 2.29. The van der Waals surface area contributed by atoms with Crippen molar-refractivity contribution < 1.29 is 29.1 Å². The highest BCUT2D eigenvalue weighted by atomic mass is 16.5. The number of piperidine rings is 3. The van der Waals surface area contributed by atoms with Gasteiger partial charge in [0.1, 0.15) is 5.69 Å². The van der Waals surface area contributed by atoms with E-state index in [1.54, 1.807) is 7.11 Å². The van der Waals surface area contributed by atoms with Crippen molar-refractivity contribution in [3.05, 3.63) is 23.1 Å². The molecule has 2 bridgehead atoms. The molecule has 8 heteroatoms. The van der Waals surface area contributed by atoms with Crippen molar-refractivity contribution >= 4 is 18.0 Å². The second-order valence-electron chi connectivity index (χ2n) is 5.53. The third kappa shape index (κ3) is 4.90.